The van der Waals surface area contributed by atoms with Crippen LogP contribution in [0.3, 0.4) is 0 Å². The van der Waals surface area contributed by atoms with Crippen molar-refractivity contribution in [3.05, 3.63) is 54.1 Å². The van der Waals surface area contributed by atoms with Crippen molar-refractivity contribution >= 4 is 37.9 Å². The van der Waals surface area contributed by atoms with Gasteiger partial charge < -0.3 is 0 Å². The largest absolute Gasteiger partial charge is 0.298 e. The van der Waals surface area contributed by atoms with Gasteiger partial charge in [-0.25, -0.2) is 0 Å². The summed E-state index contributed by atoms with van der Waals surface area (Å²) < 4.78 is 2.41. The molecular formula is C16H10N2OS. The third-order valence-corrected chi connectivity index (χ3v) is 4.59. The highest BCUT2D eigenvalue weighted by Crippen LogP contribution is 2.37. The number of benzene rings is 2. The monoisotopic (exact) mass is 278 g/mol. The predicted molar refractivity (Wildman–Crippen MR) is 82.3 cm³/mol. The average Bonchev–Trinajstić information content (AvgIpc) is 3.06. The number of aldehydes is 1. The lowest BCUT2D eigenvalue weighted by molar-refractivity contribution is 0.112. The molecule has 0 spiro atoms. The normalized spacial score (nSPS) is 11.2. The first-order chi connectivity index (χ1) is 9.86. The minimum Gasteiger partial charge on any atom is -0.298 e. The van der Waals surface area contributed by atoms with E-state index < -0.39 is 0 Å². The molecule has 0 aliphatic rings. The number of aromatic amines is 1. The first-order valence-electron chi connectivity index (χ1n) is 6.28. The zero-order valence-electron chi connectivity index (χ0n) is 10.5. The van der Waals surface area contributed by atoms with Crippen LogP contribution in [0.15, 0.2) is 48.5 Å². The van der Waals surface area contributed by atoms with Gasteiger partial charge in [-0.15, -0.1) is 11.3 Å². The van der Waals surface area contributed by atoms with Crippen LogP contribution in [0.1, 0.15) is 10.4 Å². The van der Waals surface area contributed by atoms with Crippen LogP contribution in [0.25, 0.3) is 31.6 Å². The minimum atomic E-state index is 0.678. The molecule has 2 heterocycles. The summed E-state index contributed by atoms with van der Waals surface area (Å²) in [6.45, 7) is 0. The van der Waals surface area contributed by atoms with Gasteiger partial charge in [0.25, 0.3) is 0 Å². The summed E-state index contributed by atoms with van der Waals surface area (Å²) in [6.07, 6.45) is 0.851. The van der Waals surface area contributed by atoms with Crippen LogP contribution in [0.5, 0.6) is 0 Å². The highest BCUT2D eigenvalue weighted by molar-refractivity contribution is 7.26. The number of hydrogen-bond acceptors (Lipinski definition) is 3. The van der Waals surface area contributed by atoms with Gasteiger partial charge in [-0.2, -0.15) is 5.10 Å². The number of carbonyl (C=O) groups is 1. The maximum atomic E-state index is 10.7. The van der Waals surface area contributed by atoms with E-state index in [2.05, 4.69) is 22.3 Å². The van der Waals surface area contributed by atoms with E-state index in [-0.39, 0.29) is 0 Å². The maximum absolute atomic E-state index is 10.7. The van der Waals surface area contributed by atoms with Crippen molar-refractivity contribution in [1.82, 2.24) is 10.2 Å². The van der Waals surface area contributed by atoms with Gasteiger partial charge in [0, 0.05) is 21.2 Å². The first kappa shape index (κ1) is 11.4. The quantitative estimate of drug-likeness (QED) is 0.557. The second kappa shape index (κ2) is 4.28. The van der Waals surface area contributed by atoms with E-state index in [1.165, 1.54) is 10.1 Å². The number of aromatic nitrogens is 2. The lowest BCUT2D eigenvalue weighted by Crippen LogP contribution is -1.81. The number of nitrogens with one attached hydrogen (secondary N) is 1. The molecule has 96 valence electrons. The first-order valence-corrected chi connectivity index (χ1v) is 7.10. The van der Waals surface area contributed by atoms with Gasteiger partial charge in [0.2, 0.25) is 0 Å². The van der Waals surface area contributed by atoms with Crippen LogP contribution in [0.4, 0.5) is 0 Å². The van der Waals surface area contributed by atoms with Gasteiger partial charge in [-0.3, -0.25) is 9.89 Å². The fourth-order valence-corrected chi connectivity index (χ4v) is 3.57. The van der Waals surface area contributed by atoms with Gasteiger partial charge in [0.1, 0.15) is 12.0 Å². The zero-order chi connectivity index (χ0) is 13.5. The molecule has 1 N–H and O–H groups in total. The molecule has 0 unspecified atom stereocenters. The number of hydrogen-bond donors (Lipinski definition) is 1. The highest BCUT2D eigenvalue weighted by Gasteiger charge is 2.13. The third-order valence-electron chi connectivity index (χ3n) is 3.41. The van der Waals surface area contributed by atoms with Crippen molar-refractivity contribution in [1.29, 1.82) is 0 Å². The summed E-state index contributed by atoms with van der Waals surface area (Å²) in [5, 5.41) is 8.76. The fraction of sp³-hybridized carbons (Fsp3) is 0. The molecule has 2 aromatic carbocycles. The van der Waals surface area contributed by atoms with E-state index in [0.717, 1.165) is 27.8 Å². The van der Waals surface area contributed by atoms with Gasteiger partial charge in [0.05, 0.1) is 10.2 Å². The molecule has 0 aliphatic heterocycles. The number of H-pyrrole nitrogens is 1. The molecule has 0 amide bonds. The molecule has 0 fully saturated rings. The summed E-state index contributed by atoms with van der Waals surface area (Å²) in [7, 11) is 0. The predicted octanol–water partition coefficient (Wildman–Crippen LogP) is 4.26. The van der Waals surface area contributed by atoms with Crippen molar-refractivity contribution in [2.24, 2.45) is 0 Å². The molecule has 4 aromatic rings. The van der Waals surface area contributed by atoms with Crippen LogP contribution in [0, 0.1) is 0 Å². The Kier molecular flexibility index (Phi) is 2.44. The number of rotatable bonds is 2. The molecule has 4 heteroatoms. The molecule has 0 bridgehead atoms. The number of nitrogens with zero attached hydrogens (tertiary/aromatic N) is 1. The summed E-state index contributed by atoms with van der Waals surface area (Å²) in [6, 6.07) is 15.8. The molecule has 4 rings (SSSR count). The van der Waals surface area contributed by atoms with E-state index in [4.69, 9.17) is 0 Å². The molecule has 0 saturated carbocycles. The van der Waals surface area contributed by atoms with Crippen molar-refractivity contribution in [3.8, 4) is 11.3 Å². The Balaban J connectivity index is 1.96. The van der Waals surface area contributed by atoms with Gasteiger partial charge in [-0.05, 0) is 6.07 Å². The van der Waals surface area contributed by atoms with Gasteiger partial charge in [0.15, 0.2) is 0 Å². The van der Waals surface area contributed by atoms with Crippen LogP contribution in [0.2, 0.25) is 0 Å². The second-order valence-electron chi connectivity index (χ2n) is 4.61. The Morgan fingerprint density at radius 2 is 1.85 bits per heavy atom. The van der Waals surface area contributed by atoms with Crippen LogP contribution >= 0.6 is 11.3 Å². The number of fused-ring (bicyclic) bond motifs is 3. The van der Waals surface area contributed by atoms with Gasteiger partial charge in [-0.1, -0.05) is 42.5 Å². The summed E-state index contributed by atoms with van der Waals surface area (Å²) >= 11 is 1.74. The number of thiophene rings is 1. The summed E-state index contributed by atoms with van der Waals surface area (Å²) in [5.74, 6) is 0. The van der Waals surface area contributed by atoms with Crippen molar-refractivity contribution < 1.29 is 4.79 Å². The smallest absolute Gasteiger partial charge is 0.150 e. The van der Waals surface area contributed by atoms with Crippen LogP contribution in [-0.2, 0) is 0 Å². The van der Waals surface area contributed by atoms with E-state index in [1.807, 2.05) is 36.4 Å². The molecule has 20 heavy (non-hydrogen) atoms. The number of carbonyl (C=O) groups excluding carboxylic acids is 1. The lowest BCUT2D eigenvalue weighted by Gasteiger charge is -1.96. The van der Waals surface area contributed by atoms with Crippen LogP contribution < -0.4 is 0 Å². The summed E-state index contributed by atoms with van der Waals surface area (Å²) in [4.78, 5) is 10.7. The Morgan fingerprint density at radius 3 is 2.65 bits per heavy atom. The SMILES string of the molecule is O=Cc1ccc(-c2n[nH]c3c2sc2ccccc23)cc1. The van der Waals surface area contributed by atoms with E-state index in [0.29, 0.717) is 5.56 Å². The van der Waals surface area contributed by atoms with E-state index in [1.54, 1.807) is 11.3 Å². The molecule has 0 aliphatic carbocycles. The van der Waals surface area contributed by atoms with Crippen molar-refractivity contribution in [3.63, 3.8) is 0 Å². The highest BCUT2D eigenvalue weighted by atomic mass is 32.1. The Hall–Kier alpha value is -2.46. The standard InChI is InChI=1S/C16H10N2OS/c19-9-10-5-7-11(8-6-10)14-16-15(18-17-14)12-3-1-2-4-13(12)20-16/h1-9H,(H,17,18). The Morgan fingerprint density at radius 1 is 1.05 bits per heavy atom. The lowest BCUT2D eigenvalue weighted by atomic mass is 10.1. The molecule has 0 saturated heterocycles. The molecular weight excluding hydrogens is 268 g/mol. The fourth-order valence-electron chi connectivity index (χ4n) is 2.40. The van der Waals surface area contributed by atoms with Crippen LogP contribution in [-0.4, -0.2) is 16.5 Å². The molecule has 3 nitrogen and oxygen atoms in total. The maximum Gasteiger partial charge on any atom is 0.150 e. The minimum absolute atomic E-state index is 0.678. The van der Waals surface area contributed by atoms with Crippen molar-refractivity contribution in [2.75, 3.05) is 0 Å². The van der Waals surface area contributed by atoms with Crippen molar-refractivity contribution in [2.45, 2.75) is 0 Å². The molecule has 0 radical (unpaired) electrons. The second-order valence-corrected chi connectivity index (χ2v) is 5.67. The van der Waals surface area contributed by atoms with Gasteiger partial charge >= 0.3 is 0 Å². The van der Waals surface area contributed by atoms with E-state index in [9.17, 15) is 4.79 Å². The van der Waals surface area contributed by atoms with E-state index >= 15 is 0 Å². The zero-order valence-corrected chi connectivity index (χ0v) is 11.3. The Labute approximate surface area is 118 Å². The Bertz CT molecular complexity index is 919. The molecule has 2 aromatic heterocycles. The topological polar surface area (TPSA) is 45.8 Å². The average molecular weight is 278 g/mol. The summed E-state index contributed by atoms with van der Waals surface area (Å²) in [5.41, 5.74) is 3.73. The molecule has 0 atom stereocenters. The third kappa shape index (κ3) is 1.58.